The number of carbonyl (C=O) groups excluding carboxylic acids is 3. The minimum Gasteiger partial charge on any atom is -0.497 e. The lowest BCUT2D eigenvalue weighted by atomic mass is 9.87. The summed E-state index contributed by atoms with van der Waals surface area (Å²) in [7, 11) is 1.57. The number of ether oxygens (including phenoxy) is 1. The van der Waals surface area contributed by atoms with Gasteiger partial charge in [-0.1, -0.05) is 45.0 Å². The molecule has 3 amide bonds. The van der Waals surface area contributed by atoms with E-state index >= 15 is 0 Å². The smallest absolute Gasteiger partial charge is 0.255 e. The number of amides is 3. The standard InChI is InChI=1S/C26H30IN3O4/c1-26(2,3)14-22(29-15-16-9-10-17(34-4)13-20(16)24(29)32)25(33)30(27)12-11-19-18-7-5-6-8-21(18)28-23(19)31/h5-10,13,19,22H,11-12,14-15H2,1-4H3,(H,28,31)/t19-,22+/m1/s1. The zero-order valence-corrected chi connectivity index (χ0v) is 22.1. The first-order chi connectivity index (χ1) is 16.1. The third-order valence-corrected chi connectivity index (χ3v) is 7.34. The van der Waals surface area contributed by atoms with Crippen LogP contribution in [0, 0.1) is 5.41 Å². The highest BCUT2D eigenvalue weighted by Gasteiger charge is 2.40. The maximum Gasteiger partial charge on any atom is 0.255 e. The lowest BCUT2D eigenvalue weighted by Gasteiger charge is -2.34. The van der Waals surface area contributed by atoms with Gasteiger partial charge in [0.25, 0.3) is 11.8 Å². The van der Waals surface area contributed by atoms with E-state index in [-0.39, 0.29) is 29.1 Å². The van der Waals surface area contributed by atoms with Gasteiger partial charge in [0.1, 0.15) is 11.8 Å². The molecule has 2 aromatic carbocycles. The summed E-state index contributed by atoms with van der Waals surface area (Å²) in [5, 5.41) is 2.92. The van der Waals surface area contributed by atoms with Gasteiger partial charge in [0.2, 0.25) is 5.91 Å². The fraction of sp³-hybridized carbons (Fsp3) is 0.423. The van der Waals surface area contributed by atoms with Crippen molar-refractivity contribution < 1.29 is 19.1 Å². The number of hydrogen-bond donors (Lipinski definition) is 1. The predicted octanol–water partition coefficient (Wildman–Crippen LogP) is 4.76. The molecule has 0 radical (unpaired) electrons. The van der Waals surface area contributed by atoms with Crippen LogP contribution < -0.4 is 10.1 Å². The Bertz CT molecular complexity index is 1130. The van der Waals surface area contributed by atoms with Gasteiger partial charge in [-0.3, -0.25) is 17.5 Å². The van der Waals surface area contributed by atoms with E-state index in [1.165, 1.54) is 0 Å². The zero-order chi connectivity index (χ0) is 24.6. The van der Waals surface area contributed by atoms with Gasteiger partial charge in [0.15, 0.2) is 0 Å². The molecule has 34 heavy (non-hydrogen) atoms. The first kappa shape index (κ1) is 24.5. The average molecular weight is 575 g/mol. The third kappa shape index (κ3) is 4.92. The molecule has 0 aliphatic carbocycles. The van der Waals surface area contributed by atoms with Crippen LogP contribution in [0.3, 0.4) is 0 Å². The first-order valence-corrected chi connectivity index (χ1v) is 12.4. The van der Waals surface area contributed by atoms with Crippen molar-refractivity contribution >= 4 is 46.3 Å². The van der Waals surface area contributed by atoms with Gasteiger partial charge >= 0.3 is 0 Å². The average Bonchev–Trinajstić information content (AvgIpc) is 3.30. The quantitative estimate of drug-likeness (QED) is 0.382. The molecule has 2 aliphatic heterocycles. The van der Waals surface area contributed by atoms with E-state index in [0.717, 1.165) is 16.8 Å². The van der Waals surface area contributed by atoms with Crippen molar-refractivity contribution in [2.75, 3.05) is 19.0 Å². The molecule has 0 bridgehead atoms. The lowest BCUT2D eigenvalue weighted by molar-refractivity contribution is -0.131. The van der Waals surface area contributed by atoms with Crippen molar-refractivity contribution in [2.45, 2.75) is 52.1 Å². The van der Waals surface area contributed by atoms with Crippen LogP contribution in [0.5, 0.6) is 5.75 Å². The van der Waals surface area contributed by atoms with Crippen molar-refractivity contribution in [3.8, 4) is 5.75 Å². The van der Waals surface area contributed by atoms with Crippen LogP contribution >= 0.6 is 22.9 Å². The SMILES string of the molecule is COc1ccc2c(c1)C(=O)N([C@@H](CC(C)(C)C)C(=O)N(I)CC[C@H]1C(=O)Nc3ccccc31)C2. The van der Waals surface area contributed by atoms with E-state index < -0.39 is 6.04 Å². The summed E-state index contributed by atoms with van der Waals surface area (Å²) < 4.78 is 6.92. The Morgan fingerprint density at radius 2 is 1.97 bits per heavy atom. The molecule has 0 aromatic heterocycles. The van der Waals surface area contributed by atoms with Crippen LogP contribution in [0.25, 0.3) is 0 Å². The molecular formula is C26H30IN3O4. The molecule has 180 valence electrons. The van der Waals surface area contributed by atoms with E-state index in [2.05, 4.69) is 26.1 Å². The van der Waals surface area contributed by atoms with Gasteiger partial charge in [0, 0.05) is 24.3 Å². The van der Waals surface area contributed by atoms with Crippen LogP contribution in [-0.2, 0) is 16.1 Å². The second kappa shape index (κ2) is 9.56. The van der Waals surface area contributed by atoms with Crippen molar-refractivity contribution in [1.82, 2.24) is 8.01 Å². The Hall–Kier alpha value is -2.62. The minimum atomic E-state index is -0.590. The monoisotopic (exact) mass is 575 g/mol. The summed E-state index contributed by atoms with van der Waals surface area (Å²) in [6.07, 6.45) is 1.06. The fourth-order valence-corrected chi connectivity index (χ4v) is 5.27. The highest BCUT2D eigenvalue weighted by molar-refractivity contribution is 14.1. The summed E-state index contributed by atoms with van der Waals surface area (Å²) in [5.74, 6) is 0.0373. The molecule has 0 saturated carbocycles. The molecule has 2 heterocycles. The molecule has 4 rings (SSSR count). The van der Waals surface area contributed by atoms with Crippen LogP contribution in [0.4, 0.5) is 5.69 Å². The topological polar surface area (TPSA) is 79.0 Å². The molecule has 0 unspecified atom stereocenters. The van der Waals surface area contributed by atoms with Gasteiger partial charge in [-0.25, -0.2) is 0 Å². The number of benzene rings is 2. The Kier molecular flexibility index (Phi) is 6.89. The summed E-state index contributed by atoms with van der Waals surface area (Å²) >= 11 is 2.03. The highest BCUT2D eigenvalue weighted by atomic mass is 127. The largest absolute Gasteiger partial charge is 0.497 e. The summed E-state index contributed by atoms with van der Waals surface area (Å²) in [6.45, 7) is 7.02. The number of para-hydroxylation sites is 1. The molecule has 2 atom stereocenters. The van der Waals surface area contributed by atoms with Gasteiger partial charge in [-0.2, -0.15) is 0 Å². The summed E-state index contributed by atoms with van der Waals surface area (Å²) in [4.78, 5) is 41.1. The molecule has 0 saturated heterocycles. The molecule has 1 N–H and O–H groups in total. The third-order valence-electron chi connectivity index (χ3n) is 6.38. The number of nitrogens with one attached hydrogen (secondary N) is 1. The maximum atomic E-state index is 13.7. The van der Waals surface area contributed by atoms with Gasteiger partial charge in [-0.15, -0.1) is 0 Å². The van der Waals surface area contributed by atoms with E-state index in [1.807, 2.05) is 59.3 Å². The molecule has 8 heteroatoms. The summed E-state index contributed by atoms with van der Waals surface area (Å²) in [5.41, 5.74) is 3.14. The number of fused-ring (bicyclic) bond motifs is 2. The number of halogens is 1. The predicted molar refractivity (Wildman–Crippen MR) is 139 cm³/mol. The van der Waals surface area contributed by atoms with Crippen LogP contribution in [-0.4, -0.2) is 45.4 Å². The normalized spacial score (nSPS) is 17.8. The number of rotatable bonds is 7. The van der Waals surface area contributed by atoms with Crippen LogP contribution in [0.2, 0.25) is 0 Å². The van der Waals surface area contributed by atoms with Crippen molar-refractivity contribution in [1.29, 1.82) is 0 Å². The van der Waals surface area contributed by atoms with E-state index in [9.17, 15) is 14.4 Å². The van der Waals surface area contributed by atoms with Gasteiger partial charge < -0.3 is 15.0 Å². The number of anilines is 1. The number of methoxy groups -OCH3 is 1. The van der Waals surface area contributed by atoms with Gasteiger partial charge in [0.05, 0.1) is 35.9 Å². The zero-order valence-electron chi connectivity index (χ0n) is 19.9. The molecule has 2 aromatic rings. The number of carbonyl (C=O) groups is 3. The van der Waals surface area contributed by atoms with Crippen molar-refractivity contribution in [2.24, 2.45) is 5.41 Å². The Balaban J connectivity index is 1.50. The number of hydrogen-bond acceptors (Lipinski definition) is 4. The molecule has 2 aliphatic rings. The maximum absolute atomic E-state index is 13.7. The minimum absolute atomic E-state index is 0.0381. The second-order valence-electron chi connectivity index (χ2n) is 10.1. The lowest BCUT2D eigenvalue weighted by Crippen LogP contribution is -2.48. The highest BCUT2D eigenvalue weighted by Crippen LogP contribution is 2.36. The summed E-state index contributed by atoms with van der Waals surface area (Å²) in [6, 6.07) is 12.5. The second-order valence-corrected chi connectivity index (χ2v) is 11.2. The fourth-order valence-electron chi connectivity index (χ4n) is 4.67. The number of nitrogens with zero attached hydrogens (tertiary/aromatic N) is 2. The Labute approximate surface area is 214 Å². The Morgan fingerprint density at radius 3 is 2.68 bits per heavy atom. The Morgan fingerprint density at radius 1 is 1.24 bits per heavy atom. The van der Waals surface area contributed by atoms with Crippen molar-refractivity contribution in [3.05, 3.63) is 59.2 Å². The first-order valence-electron chi connectivity index (χ1n) is 11.4. The molecule has 0 fully saturated rings. The van der Waals surface area contributed by atoms with Crippen molar-refractivity contribution in [3.63, 3.8) is 0 Å². The van der Waals surface area contributed by atoms with Crippen LogP contribution in [0.15, 0.2) is 42.5 Å². The molecule has 0 spiro atoms. The van der Waals surface area contributed by atoms with Crippen LogP contribution in [0.1, 0.15) is 61.0 Å². The molecule has 7 nitrogen and oxygen atoms in total. The molecular weight excluding hydrogens is 545 g/mol. The van der Waals surface area contributed by atoms with Gasteiger partial charge in [-0.05, 0) is 47.6 Å². The van der Waals surface area contributed by atoms with E-state index in [4.69, 9.17) is 4.74 Å². The van der Waals surface area contributed by atoms with E-state index in [0.29, 0.717) is 37.2 Å². The van der Waals surface area contributed by atoms with E-state index in [1.54, 1.807) is 21.2 Å².